The molecule has 5 nitrogen and oxygen atoms in total. The van der Waals surface area contributed by atoms with Crippen LogP contribution in [0, 0.1) is 6.92 Å². The Kier molecular flexibility index (Phi) is 5.00. The van der Waals surface area contributed by atoms with Gasteiger partial charge < -0.3 is 9.26 Å². The SMILES string of the molecule is CCc1onc(C)c1[C@@H]1CCCN1Cc1ccc(C(=O)OC)cc1. The molecule has 0 spiro atoms. The van der Waals surface area contributed by atoms with Crippen molar-refractivity contribution in [2.45, 2.75) is 45.7 Å². The lowest BCUT2D eigenvalue weighted by atomic mass is 10.0. The summed E-state index contributed by atoms with van der Waals surface area (Å²) in [5.74, 6) is 0.707. The van der Waals surface area contributed by atoms with Gasteiger partial charge in [0.2, 0.25) is 0 Å². The Morgan fingerprint density at radius 1 is 1.38 bits per heavy atom. The number of rotatable bonds is 5. The minimum absolute atomic E-state index is 0.298. The molecule has 1 aromatic carbocycles. The fraction of sp³-hybridized carbons (Fsp3) is 0.474. The van der Waals surface area contributed by atoms with Crippen LogP contribution >= 0.6 is 0 Å². The largest absolute Gasteiger partial charge is 0.465 e. The zero-order chi connectivity index (χ0) is 17.1. The molecule has 24 heavy (non-hydrogen) atoms. The Hall–Kier alpha value is -2.14. The van der Waals surface area contributed by atoms with Gasteiger partial charge in [-0.1, -0.05) is 24.2 Å². The number of methoxy groups -OCH3 is 1. The van der Waals surface area contributed by atoms with Gasteiger partial charge in [-0.2, -0.15) is 0 Å². The van der Waals surface area contributed by atoms with Gasteiger partial charge in [0, 0.05) is 24.6 Å². The van der Waals surface area contributed by atoms with E-state index in [-0.39, 0.29) is 5.97 Å². The van der Waals surface area contributed by atoms with Crippen molar-refractivity contribution in [1.29, 1.82) is 0 Å². The third-order valence-electron chi connectivity index (χ3n) is 4.76. The maximum atomic E-state index is 11.5. The fourth-order valence-corrected chi connectivity index (χ4v) is 3.55. The van der Waals surface area contributed by atoms with E-state index in [1.165, 1.54) is 24.7 Å². The van der Waals surface area contributed by atoms with Gasteiger partial charge in [0.05, 0.1) is 18.4 Å². The van der Waals surface area contributed by atoms with Crippen LogP contribution in [0.3, 0.4) is 0 Å². The molecule has 0 amide bonds. The number of ether oxygens (including phenoxy) is 1. The summed E-state index contributed by atoms with van der Waals surface area (Å²) in [5.41, 5.74) is 4.05. The molecule has 1 aromatic heterocycles. The predicted octanol–water partition coefficient (Wildman–Crippen LogP) is 3.67. The summed E-state index contributed by atoms with van der Waals surface area (Å²) in [5, 5.41) is 4.16. The molecule has 0 unspecified atom stereocenters. The van der Waals surface area contributed by atoms with Crippen LogP contribution in [0.15, 0.2) is 28.8 Å². The molecular formula is C19H24N2O3. The summed E-state index contributed by atoms with van der Waals surface area (Å²) >= 11 is 0. The van der Waals surface area contributed by atoms with E-state index in [1.807, 2.05) is 31.2 Å². The number of aromatic nitrogens is 1. The van der Waals surface area contributed by atoms with E-state index in [1.54, 1.807) is 0 Å². The average molecular weight is 328 g/mol. The molecule has 2 heterocycles. The molecule has 0 radical (unpaired) electrons. The third-order valence-corrected chi connectivity index (χ3v) is 4.76. The molecule has 3 rings (SSSR count). The Morgan fingerprint density at radius 2 is 2.12 bits per heavy atom. The monoisotopic (exact) mass is 328 g/mol. The molecule has 5 heteroatoms. The standard InChI is InChI=1S/C19H24N2O3/c1-4-17-18(13(2)20-24-17)16-6-5-11-21(16)12-14-7-9-15(10-8-14)19(22)23-3/h7-10,16H,4-6,11-12H2,1-3H3/t16-/m0/s1. The van der Waals surface area contributed by atoms with Crippen molar-refractivity contribution < 1.29 is 14.1 Å². The highest BCUT2D eigenvalue weighted by Crippen LogP contribution is 2.36. The first-order chi connectivity index (χ1) is 11.6. The van der Waals surface area contributed by atoms with E-state index >= 15 is 0 Å². The number of carbonyl (C=O) groups is 1. The number of hydrogen-bond donors (Lipinski definition) is 0. The van der Waals surface area contributed by atoms with Crippen molar-refractivity contribution in [3.05, 3.63) is 52.4 Å². The highest BCUT2D eigenvalue weighted by Gasteiger charge is 2.31. The molecule has 1 aliphatic rings. The van der Waals surface area contributed by atoms with E-state index in [0.29, 0.717) is 11.6 Å². The van der Waals surface area contributed by atoms with Crippen LogP contribution < -0.4 is 0 Å². The van der Waals surface area contributed by atoms with Crippen LogP contribution in [0.1, 0.15) is 58.7 Å². The molecule has 0 aliphatic carbocycles. The second-order valence-electron chi connectivity index (χ2n) is 6.28. The number of carbonyl (C=O) groups excluding carboxylic acids is 1. The first-order valence-electron chi connectivity index (χ1n) is 8.50. The van der Waals surface area contributed by atoms with E-state index in [0.717, 1.165) is 37.4 Å². The van der Waals surface area contributed by atoms with Gasteiger partial charge in [0.15, 0.2) is 0 Å². The van der Waals surface area contributed by atoms with Crippen molar-refractivity contribution in [3.63, 3.8) is 0 Å². The Balaban J connectivity index is 1.77. The lowest BCUT2D eigenvalue weighted by molar-refractivity contribution is 0.0600. The molecule has 1 atom stereocenters. The first kappa shape index (κ1) is 16.7. The summed E-state index contributed by atoms with van der Waals surface area (Å²) in [7, 11) is 1.40. The van der Waals surface area contributed by atoms with Crippen molar-refractivity contribution in [2.75, 3.05) is 13.7 Å². The van der Waals surface area contributed by atoms with E-state index < -0.39 is 0 Å². The summed E-state index contributed by atoms with van der Waals surface area (Å²) in [6.45, 7) is 6.06. The molecule has 1 aliphatic heterocycles. The molecule has 1 saturated heterocycles. The van der Waals surface area contributed by atoms with Crippen LogP contribution in [-0.4, -0.2) is 29.7 Å². The highest BCUT2D eigenvalue weighted by atomic mass is 16.5. The smallest absolute Gasteiger partial charge is 0.337 e. The molecule has 0 bridgehead atoms. The zero-order valence-electron chi connectivity index (χ0n) is 14.5. The maximum absolute atomic E-state index is 11.5. The number of hydrogen-bond acceptors (Lipinski definition) is 5. The van der Waals surface area contributed by atoms with Crippen LogP contribution in [0.2, 0.25) is 0 Å². The Bertz CT molecular complexity index is 706. The number of esters is 1. The van der Waals surface area contributed by atoms with Crippen LogP contribution in [0.25, 0.3) is 0 Å². The fourth-order valence-electron chi connectivity index (χ4n) is 3.55. The second-order valence-corrected chi connectivity index (χ2v) is 6.28. The van der Waals surface area contributed by atoms with Gasteiger partial charge in [0.25, 0.3) is 0 Å². The molecule has 1 fully saturated rings. The lowest BCUT2D eigenvalue weighted by Gasteiger charge is -2.24. The molecule has 128 valence electrons. The number of likely N-dealkylation sites (tertiary alicyclic amines) is 1. The summed E-state index contributed by atoms with van der Waals surface area (Å²) in [6.07, 6.45) is 3.18. The molecule has 0 N–H and O–H groups in total. The lowest BCUT2D eigenvalue weighted by Crippen LogP contribution is -2.23. The zero-order valence-corrected chi connectivity index (χ0v) is 14.5. The molecule has 2 aromatic rings. The minimum atomic E-state index is -0.298. The molecule has 0 saturated carbocycles. The van der Waals surface area contributed by atoms with Crippen molar-refractivity contribution in [1.82, 2.24) is 10.1 Å². The highest BCUT2D eigenvalue weighted by molar-refractivity contribution is 5.89. The summed E-state index contributed by atoms with van der Waals surface area (Å²) in [6, 6.07) is 8.03. The predicted molar refractivity (Wildman–Crippen MR) is 90.8 cm³/mol. The van der Waals surface area contributed by atoms with E-state index in [2.05, 4.69) is 17.0 Å². The topological polar surface area (TPSA) is 55.6 Å². The second kappa shape index (κ2) is 7.18. The van der Waals surface area contributed by atoms with Crippen molar-refractivity contribution >= 4 is 5.97 Å². The van der Waals surface area contributed by atoms with Gasteiger partial charge in [0.1, 0.15) is 5.76 Å². The van der Waals surface area contributed by atoms with Gasteiger partial charge in [-0.15, -0.1) is 0 Å². The van der Waals surface area contributed by atoms with Crippen LogP contribution in [0.4, 0.5) is 0 Å². The van der Waals surface area contributed by atoms with E-state index in [9.17, 15) is 4.79 Å². The molecular weight excluding hydrogens is 304 g/mol. The third kappa shape index (κ3) is 3.22. The van der Waals surface area contributed by atoms with Crippen molar-refractivity contribution in [2.24, 2.45) is 0 Å². The number of benzene rings is 1. The van der Waals surface area contributed by atoms with Gasteiger partial charge >= 0.3 is 5.97 Å². The van der Waals surface area contributed by atoms with Crippen molar-refractivity contribution in [3.8, 4) is 0 Å². The number of aryl methyl sites for hydroxylation is 2. The number of nitrogens with zero attached hydrogens (tertiary/aromatic N) is 2. The average Bonchev–Trinajstić information content (AvgIpc) is 3.20. The van der Waals surface area contributed by atoms with Gasteiger partial charge in [-0.25, -0.2) is 4.79 Å². The van der Waals surface area contributed by atoms with E-state index in [4.69, 9.17) is 9.26 Å². The Morgan fingerprint density at radius 3 is 2.79 bits per heavy atom. The van der Waals surface area contributed by atoms with Gasteiger partial charge in [-0.3, -0.25) is 4.90 Å². The first-order valence-corrected chi connectivity index (χ1v) is 8.50. The minimum Gasteiger partial charge on any atom is -0.465 e. The summed E-state index contributed by atoms with van der Waals surface area (Å²) in [4.78, 5) is 14.0. The van der Waals surface area contributed by atoms with Crippen LogP contribution in [-0.2, 0) is 17.7 Å². The summed E-state index contributed by atoms with van der Waals surface area (Å²) < 4.78 is 10.2. The maximum Gasteiger partial charge on any atom is 0.337 e. The quantitative estimate of drug-likeness (QED) is 0.784. The normalized spacial score (nSPS) is 18.0. The van der Waals surface area contributed by atoms with Gasteiger partial charge in [-0.05, 0) is 44.0 Å². The Labute approximate surface area is 142 Å². The van der Waals surface area contributed by atoms with Crippen LogP contribution in [0.5, 0.6) is 0 Å².